The molecule has 0 spiro atoms. The fourth-order valence-corrected chi connectivity index (χ4v) is 4.74. The maximum atomic E-state index is 5.49. The number of hydrogen-bond donors (Lipinski definition) is 0. The Kier molecular flexibility index (Phi) is 3.83. The minimum Gasteiger partial charge on any atom is -0.493 e. The molecule has 0 amide bonds. The molecule has 0 unspecified atom stereocenters. The van der Waals surface area contributed by atoms with Gasteiger partial charge in [0, 0.05) is 13.6 Å². The largest absolute Gasteiger partial charge is 0.493 e. The van der Waals surface area contributed by atoms with E-state index in [4.69, 9.17) is 14.5 Å². The summed E-state index contributed by atoms with van der Waals surface area (Å²) in [5.41, 5.74) is 4.60. The number of ether oxygens (including phenoxy) is 2. The summed E-state index contributed by atoms with van der Waals surface area (Å²) in [5, 5.41) is 5.50. The molecule has 4 rings (SSSR count). The molecular formula is C18H22N4O2S. The summed E-state index contributed by atoms with van der Waals surface area (Å²) in [5.74, 6) is 1.57. The molecule has 1 aromatic carbocycles. The van der Waals surface area contributed by atoms with E-state index in [9.17, 15) is 0 Å². The Morgan fingerprint density at radius 3 is 2.60 bits per heavy atom. The summed E-state index contributed by atoms with van der Waals surface area (Å²) in [6.07, 6.45) is 0.965. The maximum Gasteiger partial charge on any atom is 0.188 e. The van der Waals surface area contributed by atoms with Crippen LogP contribution in [0, 0.1) is 6.92 Å². The second kappa shape index (κ2) is 5.91. The van der Waals surface area contributed by atoms with E-state index < -0.39 is 0 Å². The Hall–Kier alpha value is -2.28. The molecule has 0 saturated heterocycles. The molecule has 25 heavy (non-hydrogen) atoms. The highest BCUT2D eigenvalue weighted by molar-refractivity contribution is 7.22. The van der Waals surface area contributed by atoms with Crippen LogP contribution in [0.15, 0.2) is 12.1 Å². The SMILES string of the molecule is COc1cc2c(cc1OC)[C@H](C)N(c1nc3c(s1)c(C)nn3C)CC2. The van der Waals surface area contributed by atoms with Crippen LogP contribution < -0.4 is 14.4 Å². The highest BCUT2D eigenvalue weighted by Gasteiger charge is 2.28. The smallest absolute Gasteiger partial charge is 0.188 e. The van der Waals surface area contributed by atoms with Gasteiger partial charge in [-0.15, -0.1) is 0 Å². The van der Waals surface area contributed by atoms with E-state index in [-0.39, 0.29) is 6.04 Å². The van der Waals surface area contributed by atoms with Gasteiger partial charge in [0.1, 0.15) is 0 Å². The molecule has 2 aromatic heterocycles. The molecule has 0 radical (unpaired) electrons. The molecule has 7 heteroatoms. The Morgan fingerprint density at radius 2 is 1.92 bits per heavy atom. The van der Waals surface area contributed by atoms with Crippen molar-refractivity contribution in [3.05, 3.63) is 29.0 Å². The van der Waals surface area contributed by atoms with Crippen LogP contribution in [0.25, 0.3) is 10.3 Å². The minimum absolute atomic E-state index is 0.234. The van der Waals surface area contributed by atoms with E-state index in [0.29, 0.717) is 0 Å². The van der Waals surface area contributed by atoms with Gasteiger partial charge in [-0.05, 0) is 43.5 Å². The zero-order chi connectivity index (χ0) is 17.7. The molecule has 3 aromatic rings. The van der Waals surface area contributed by atoms with Gasteiger partial charge in [-0.1, -0.05) is 11.3 Å². The van der Waals surface area contributed by atoms with Crippen molar-refractivity contribution in [3.63, 3.8) is 0 Å². The third-order valence-electron chi connectivity index (χ3n) is 4.96. The number of methoxy groups -OCH3 is 2. The third-order valence-corrected chi connectivity index (χ3v) is 6.15. The van der Waals surface area contributed by atoms with Crippen LogP contribution >= 0.6 is 11.3 Å². The van der Waals surface area contributed by atoms with Gasteiger partial charge in [0.25, 0.3) is 0 Å². The molecule has 1 aliphatic heterocycles. The van der Waals surface area contributed by atoms with Crippen molar-refractivity contribution in [1.82, 2.24) is 14.8 Å². The molecule has 0 bridgehead atoms. The number of aromatic nitrogens is 3. The van der Waals surface area contributed by atoms with Gasteiger partial charge >= 0.3 is 0 Å². The Morgan fingerprint density at radius 1 is 1.20 bits per heavy atom. The Labute approximate surface area is 151 Å². The molecule has 0 fully saturated rings. The average molecular weight is 358 g/mol. The van der Waals surface area contributed by atoms with Gasteiger partial charge in [-0.2, -0.15) is 5.10 Å². The first kappa shape index (κ1) is 16.2. The number of rotatable bonds is 3. The first-order chi connectivity index (χ1) is 12.0. The number of hydrogen-bond acceptors (Lipinski definition) is 6. The normalized spacial score (nSPS) is 17.0. The zero-order valence-electron chi connectivity index (χ0n) is 15.2. The molecule has 0 saturated carbocycles. The summed E-state index contributed by atoms with van der Waals surface area (Å²) in [4.78, 5) is 7.22. The van der Waals surface area contributed by atoms with Crippen LogP contribution in [0.3, 0.4) is 0 Å². The topological polar surface area (TPSA) is 52.4 Å². The lowest BCUT2D eigenvalue weighted by Crippen LogP contribution is -2.33. The lowest BCUT2D eigenvalue weighted by molar-refractivity contribution is 0.353. The van der Waals surface area contributed by atoms with Crippen molar-refractivity contribution in [1.29, 1.82) is 0 Å². The van der Waals surface area contributed by atoms with Crippen LogP contribution in [0.2, 0.25) is 0 Å². The highest BCUT2D eigenvalue weighted by Crippen LogP contribution is 2.41. The van der Waals surface area contributed by atoms with Crippen LogP contribution in [0.1, 0.15) is 29.8 Å². The van der Waals surface area contributed by atoms with Gasteiger partial charge in [-0.3, -0.25) is 0 Å². The minimum atomic E-state index is 0.234. The van der Waals surface area contributed by atoms with E-state index in [1.165, 1.54) is 15.8 Å². The van der Waals surface area contributed by atoms with Gasteiger partial charge < -0.3 is 14.4 Å². The van der Waals surface area contributed by atoms with Crippen molar-refractivity contribution < 1.29 is 9.47 Å². The first-order valence-electron chi connectivity index (χ1n) is 8.35. The molecule has 0 N–H and O–H groups in total. The number of benzene rings is 1. The monoisotopic (exact) mass is 358 g/mol. The van der Waals surface area contributed by atoms with Crippen LogP contribution in [-0.2, 0) is 13.5 Å². The second-order valence-corrected chi connectivity index (χ2v) is 7.36. The zero-order valence-corrected chi connectivity index (χ0v) is 16.0. The predicted octanol–water partition coefficient (Wildman–Crippen LogP) is 3.48. The number of anilines is 1. The van der Waals surface area contributed by atoms with E-state index in [1.807, 2.05) is 18.7 Å². The van der Waals surface area contributed by atoms with Crippen LogP contribution in [-0.4, -0.2) is 35.5 Å². The molecular weight excluding hydrogens is 336 g/mol. The van der Waals surface area contributed by atoms with E-state index in [0.717, 1.165) is 40.9 Å². The molecule has 3 heterocycles. The van der Waals surface area contributed by atoms with E-state index >= 15 is 0 Å². The molecule has 0 aliphatic carbocycles. The first-order valence-corrected chi connectivity index (χ1v) is 9.16. The van der Waals surface area contributed by atoms with Crippen molar-refractivity contribution in [2.24, 2.45) is 7.05 Å². The summed E-state index contributed by atoms with van der Waals surface area (Å²) in [6, 6.07) is 4.44. The van der Waals surface area contributed by atoms with Gasteiger partial charge in [0.2, 0.25) is 0 Å². The molecule has 6 nitrogen and oxygen atoms in total. The Bertz CT molecular complexity index is 912. The lowest BCUT2D eigenvalue weighted by atomic mass is 9.93. The average Bonchev–Trinajstić information content (AvgIpc) is 3.16. The predicted molar refractivity (Wildman–Crippen MR) is 100 cm³/mol. The molecule has 1 aliphatic rings. The fraction of sp³-hybridized carbons (Fsp3) is 0.444. The van der Waals surface area contributed by atoms with E-state index in [2.05, 4.69) is 29.1 Å². The third kappa shape index (κ3) is 2.45. The quantitative estimate of drug-likeness (QED) is 0.717. The van der Waals surface area contributed by atoms with Gasteiger partial charge in [-0.25, -0.2) is 9.67 Å². The van der Waals surface area contributed by atoms with Crippen LogP contribution in [0.5, 0.6) is 11.5 Å². The maximum absolute atomic E-state index is 5.49. The number of fused-ring (bicyclic) bond motifs is 2. The number of thiazole rings is 1. The van der Waals surface area contributed by atoms with Crippen LogP contribution in [0.4, 0.5) is 5.13 Å². The number of nitrogens with zero attached hydrogens (tertiary/aromatic N) is 4. The number of aryl methyl sites for hydroxylation is 2. The summed E-state index contributed by atoms with van der Waals surface area (Å²) in [7, 11) is 5.31. The van der Waals surface area contributed by atoms with Crippen molar-refractivity contribution in [2.45, 2.75) is 26.3 Å². The molecule has 1 atom stereocenters. The van der Waals surface area contributed by atoms with E-state index in [1.54, 1.807) is 25.6 Å². The second-order valence-electron chi connectivity index (χ2n) is 6.38. The van der Waals surface area contributed by atoms with Crippen molar-refractivity contribution in [3.8, 4) is 11.5 Å². The van der Waals surface area contributed by atoms with Gasteiger partial charge in [0.15, 0.2) is 22.3 Å². The van der Waals surface area contributed by atoms with Crippen molar-refractivity contribution in [2.75, 3.05) is 25.7 Å². The van der Waals surface area contributed by atoms with Crippen molar-refractivity contribution >= 4 is 26.8 Å². The fourth-order valence-electron chi connectivity index (χ4n) is 3.60. The summed E-state index contributed by atoms with van der Waals surface area (Å²) >= 11 is 1.72. The molecule has 132 valence electrons. The van der Waals surface area contributed by atoms with Gasteiger partial charge in [0.05, 0.1) is 30.7 Å². The summed E-state index contributed by atoms with van der Waals surface area (Å²) in [6.45, 7) is 5.20. The standard InChI is InChI=1S/C18H22N4O2S/c1-10-16-17(21(3)20-10)19-18(25-16)22-7-6-12-8-14(23-4)15(24-5)9-13(12)11(22)2/h8-9,11H,6-7H2,1-5H3/t11-/m0/s1. The Balaban J connectivity index is 1.75. The highest BCUT2D eigenvalue weighted by atomic mass is 32.1. The lowest BCUT2D eigenvalue weighted by Gasteiger charge is -2.35. The summed E-state index contributed by atoms with van der Waals surface area (Å²) < 4.78 is 14.0.